The third-order valence-corrected chi connectivity index (χ3v) is 6.24. The molecule has 0 bridgehead atoms. The molecule has 1 fully saturated rings. The molecule has 2 atom stereocenters. The predicted molar refractivity (Wildman–Crippen MR) is 124 cm³/mol. The molecule has 0 radical (unpaired) electrons. The number of aliphatic hydroxyl groups is 2. The quantitative estimate of drug-likeness (QED) is 0.280. The summed E-state index contributed by atoms with van der Waals surface area (Å²) in [4.78, 5) is 26.5. The first-order chi connectivity index (χ1) is 16.7. The van der Waals surface area contributed by atoms with Gasteiger partial charge in [-0.3, -0.25) is 10.2 Å². The van der Waals surface area contributed by atoms with E-state index in [1.165, 1.54) is 6.92 Å². The van der Waals surface area contributed by atoms with Crippen LogP contribution in [0.4, 0.5) is 18.6 Å². The van der Waals surface area contributed by atoms with Crippen molar-refractivity contribution in [3.05, 3.63) is 40.5 Å². The highest BCUT2D eigenvalue weighted by atomic mass is 32.1. The van der Waals surface area contributed by atoms with Crippen molar-refractivity contribution < 1.29 is 38.1 Å². The number of unbranched alkanes of at least 4 members (excludes halogenated alkanes) is 1. The van der Waals surface area contributed by atoms with Crippen molar-refractivity contribution in [1.29, 1.82) is 0 Å². The zero-order chi connectivity index (χ0) is 25.5. The number of carbonyl (C=O) groups excluding carboxylic acids is 2. The van der Waals surface area contributed by atoms with Crippen molar-refractivity contribution in [2.45, 2.75) is 38.6 Å². The van der Waals surface area contributed by atoms with Gasteiger partial charge < -0.3 is 25.0 Å². The molecule has 2 heterocycles. The van der Waals surface area contributed by atoms with Gasteiger partial charge in [-0.2, -0.15) is 4.37 Å². The third-order valence-electron chi connectivity index (χ3n) is 5.49. The molecule has 2 aromatic rings. The summed E-state index contributed by atoms with van der Waals surface area (Å²) < 4.78 is 42.0. The number of aryl methyl sites for hydroxylation is 1. The summed E-state index contributed by atoms with van der Waals surface area (Å²) in [6.45, 7) is 2.95. The largest absolute Gasteiger partial charge is 0.471 e. The molecule has 1 aromatic carbocycles. The molecule has 0 spiro atoms. The molecule has 2 unspecified atom stereocenters. The molecule has 1 aliphatic rings. The average Bonchev–Trinajstić information content (AvgIpc) is 3.36. The number of amides is 2. The van der Waals surface area contributed by atoms with Crippen LogP contribution in [0.5, 0.6) is 5.88 Å². The normalized spacial score (nSPS) is 17.9. The fourth-order valence-corrected chi connectivity index (χ4v) is 4.24. The second kappa shape index (κ2) is 12.2. The first-order valence-electron chi connectivity index (χ1n) is 11.0. The first kappa shape index (κ1) is 26.7. The summed E-state index contributed by atoms with van der Waals surface area (Å²) in [5, 5.41) is 24.4. The summed E-state index contributed by atoms with van der Waals surface area (Å²) in [6.07, 6.45) is -0.0427. The van der Waals surface area contributed by atoms with Crippen LogP contribution < -0.4 is 15.4 Å². The van der Waals surface area contributed by atoms with Gasteiger partial charge in [-0.1, -0.05) is 0 Å². The summed E-state index contributed by atoms with van der Waals surface area (Å²) >= 11 is 0.784. The van der Waals surface area contributed by atoms with E-state index in [0.29, 0.717) is 32.6 Å². The minimum atomic E-state index is -0.811. The molecule has 1 aliphatic heterocycles. The number of aliphatic hydroxyl groups excluding tert-OH is 2. The number of carbonyl (C=O) groups is 2. The minimum absolute atomic E-state index is 0.0536. The van der Waals surface area contributed by atoms with Gasteiger partial charge in [0.2, 0.25) is 5.88 Å². The fraction of sp³-hybridized carbons (Fsp3) is 0.500. The topological polar surface area (TPSA) is 133 Å². The monoisotopic (exact) mass is 514 g/mol. The van der Waals surface area contributed by atoms with Crippen molar-refractivity contribution >= 4 is 28.5 Å². The Morgan fingerprint density at radius 1 is 1.20 bits per heavy atom. The van der Waals surface area contributed by atoms with E-state index in [9.17, 15) is 28.6 Å². The van der Waals surface area contributed by atoms with E-state index in [0.717, 1.165) is 37.2 Å². The van der Waals surface area contributed by atoms with Crippen molar-refractivity contribution in [1.82, 2.24) is 14.6 Å². The standard InChI is InChI=1S/C22H28F2N4O6S/c1-12-7-15(24)13(8-14(12)23)11-34-19-18(21(31)33-2)20(35-27-19)26-22(32)25-5-3-4-6-28-9-16(29)17(30)10-28/h7-8,16-17,29-30H,3-6,9-11H2,1-2H3,(H2,25,26,32). The molecule has 1 saturated heterocycles. The van der Waals surface area contributed by atoms with Crippen LogP contribution in [0.3, 0.4) is 0 Å². The highest BCUT2D eigenvalue weighted by molar-refractivity contribution is 7.11. The molecular weight excluding hydrogens is 486 g/mol. The number of nitrogens with zero attached hydrogens (tertiary/aromatic N) is 2. The lowest BCUT2D eigenvalue weighted by molar-refractivity contribution is 0.0572. The van der Waals surface area contributed by atoms with E-state index in [1.807, 2.05) is 4.90 Å². The number of esters is 1. The SMILES string of the molecule is COC(=O)c1c(OCc2cc(F)c(C)cc2F)nsc1NC(=O)NCCCCN1CC(O)C(O)C1. The Morgan fingerprint density at radius 3 is 2.60 bits per heavy atom. The maximum absolute atomic E-state index is 14.1. The molecule has 0 aliphatic carbocycles. The molecule has 4 N–H and O–H groups in total. The molecule has 3 rings (SSSR count). The van der Waals surface area contributed by atoms with Gasteiger partial charge in [0.15, 0.2) is 5.56 Å². The lowest BCUT2D eigenvalue weighted by Crippen LogP contribution is -2.30. The minimum Gasteiger partial charge on any atom is -0.471 e. The van der Waals surface area contributed by atoms with Crippen LogP contribution in [-0.4, -0.2) is 77.0 Å². The van der Waals surface area contributed by atoms with Crippen LogP contribution in [-0.2, 0) is 11.3 Å². The second-order valence-electron chi connectivity index (χ2n) is 8.15. The molecule has 1 aromatic heterocycles. The number of hydrogen-bond acceptors (Lipinski definition) is 9. The summed E-state index contributed by atoms with van der Waals surface area (Å²) in [5.74, 6) is -2.23. The molecule has 35 heavy (non-hydrogen) atoms. The van der Waals surface area contributed by atoms with Crippen molar-refractivity contribution in [2.24, 2.45) is 0 Å². The predicted octanol–water partition coefficient (Wildman–Crippen LogP) is 2.03. The van der Waals surface area contributed by atoms with Gasteiger partial charge in [0.1, 0.15) is 23.2 Å². The van der Waals surface area contributed by atoms with Crippen LogP contribution in [0.25, 0.3) is 0 Å². The van der Waals surface area contributed by atoms with E-state index in [-0.39, 0.29) is 34.2 Å². The number of β-amino-alcohol motifs (C(OH)–C–C–N with tert-alkyl or cyclic N) is 2. The Balaban J connectivity index is 1.52. The smallest absolute Gasteiger partial charge is 0.346 e. The number of anilines is 1. The van der Waals surface area contributed by atoms with Crippen molar-refractivity contribution in [3.8, 4) is 5.88 Å². The van der Waals surface area contributed by atoms with Crippen LogP contribution in [0.1, 0.15) is 34.3 Å². The molecule has 13 heteroatoms. The first-order valence-corrected chi connectivity index (χ1v) is 11.8. The Bertz CT molecular complexity index is 1040. The highest BCUT2D eigenvalue weighted by Gasteiger charge is 2.29. The number of halogens is 2. The van der Waals surface area contributed by atoms with Gasteiger partial charge in [0, 0.05) is 25.2 Å². The van der Waals surface area contributed by atoms with E-state index >= 15 is 0 Å². The van der Waals surface area contributed by atoms with Gasteiger partial charge in [0.05, 0.1) is 19.3 Å². The Labute approximate surface area is 205 Å². The van der Waals surface area contributed by atoms with Crippen molar-refractivity contribution in [3.63, 3.8) is 0 Å². The number of rotatable bonds is 10. The van der Waals surface area contributed by atoms with Gasteiger partial charge in [-0.15, -0.1) is 0 Å². The van der Waals surface area contributed by atoms with E-state index in [1.54, 1.807) is 0 Å². The zero-order valence-corrected chi connectivity index (χ0v) is 20.2. The number of benzene rings is 1. The lowest BCUT2D eigenvalue weighted by atomic mass is 10.1. The summed E-state index contributed by atoms with van der Waals surface area (Å²) in [7, 11) is 1.15. The maximum atomic E-state index is 14.1. The number of likely N-dealkylation sites (tertiary alicyclic amines) is 1. The molecule has 0 saturated carbocycles. The summed E-state index contributed by atoms with van der Waals surface area (Å²) in [5.41, 5.74) is -0.0322. The average molecular weight is 515 g/mol. The number of ether oxygens (including phenoxy) is 2. The number of methoxy groups -OCH3 is 1. The Hall–Kier alpha value is -2.87. The fourth-order valence-electron chi connectivity index (χ4n) is 3.52. The van der Waals surface area contributed by atoms with Crippen LogP contribution >= 0.6 is 11.5 Å². The number of urea groups is 1. The number of aromatic nitrogens is 1. The van der Waals surface area contributed by atoms with Crippen molar-refractivity contribution in [2.75, 3.05) is 38.6 Å². The van der Waals surface area contributed by atoms with Gasteiger partial charge in [-0.25, -0.2) is 18.4 Å². The van der Waals surface area contributed by atoms with Crippen LogP contribution in [0, 0.1) is 18.6 Å². The second-order valence-corrected chi connectivity index (χ2v) is 8.92. The van der Waals surface area contributed by atoms with Gasteiger partial charge in [0.25, 0.3) is 0 Å². The molecule has 192 valence electrons. The van der Waals surface area contributed by atoms with Crippen LogP contribution in [0.2, 0.25) is 0 Å². The zero-order valence-electron chi connectivity index (χ0n) is 19.3. The Kier molecular flexibility index (Phi) is 9.32. The van der Waals surface area contributed by atoms with E-state index in [4.69, 9.17) is 9.47 Å². The summed E-state index contributed by atoms with van der Waals surface area (Å²) in [6, 6.07) is 1.49. The maximum Gasteiger partial charge on any atom is 0.346 e. The van der Waals surface area contributed by atoms with Gasteiger partial charge in [-0.05, 0) is 55.5 Å². The van der Waals surface area contributed by atoms with E-state index < -0.39 is 35.8 Å². The third kappa shape index (κ3) is 7.07. The number of hydrogen-bond donors (Lipinski definition) is 4. The lowest BCUT2D eigenvalue weighted by Gasteiger charge is -2.14. The Morgan fingerprint density at radius 2 is 1.91 bits per heavy atom. The van der Waals surface area contributed by atoms with Crippen LogP contribution in [0.15, 0.2) is 12.1 Å². The molecule has 2 amide bonds. The van der Waals surface area contributed by atoms with Gasteiger partial charge >= 0.3 is 12.0 Å². The molecular formula is C22H28F2N4O6S. The molecule has 10 nitrogen and oxygen atoms in total. The van der Waals surface area contributed by atoms with E-state index in [2.05, 4.69) is 15.0 Å². The highest BCUT2D eigenvalue weighted by Crippen LogP contribution is 2.32. The number of nitrogens with one attached hydrogen (secondary N) is 2.